The lowest BCUT2D eigenvalue weighted by Gasteiger charge is -2.17. The number of benzene rings is 1. The van der Waals surface area contributed by atoms with Gasteiger partial charge in [-0.05, 0) is 42.5 Å². The first kappa shape index (κ1) is 15.8. The van der Waals surface area contributed by atoms with Gasteiger partial charge in [0, 0.05) is 17.6 Å². The molecule has 2 unspecified atom stereocenters. The van der Waals surface area contributed by atoms with Gasteiger partial charge in [0.25, 0.3) is 0 Å². The zero-order chi connectivity index (χ0) is 13.4. The molecule has 0 aliphatic carbocycles. The molecule has 0 spiro atoms. The predicted molar refractivity (Wildman–Crippen MR) is 81.5 cm³/mol. The first-order valence-corrected chi connectivity index (χ1v) is 7.91. The minimum atomic E-state index is -0.469. The normalized spacial score (nSPS) is 14.4. The molecule has 1 rings (SSSR count). The number of hydrogen-bond donors (Lipinski definition) is 2. The molecular formula is C14H22ClNOS. The Balaban J connectivity index is 2.27. The lowest BCUT2D eigenvalue weighted by molar-refractivity contribution is 0.170. The van der Waals surface area contributed by atoms with Crippen LogP contribution in [-0.2, 0) is 0 Å². The molecule has 2 nitrogen and oxygen atoms in total. The molecule has 2 N–H and O–H groups in total. The van der Waals surface area contributed by atoms with E-state index in [2.05, 4.69) is 19.2 Å². The molecule has 4 heteroatoms. The van der Waals surface area contributed by atoms with Crippen molar-refractivity contribution in [3.05, 3.63) is 34.9 Å². The maximum atomic E-state index is 10.0. The SMILES string of the molecule is CCSCCC(C)NCC(O)c1ccc(Cl)cc1. The van der Waals surface area contributed by atoms with E-state index in [0.29, 0.717) is 17.6 Å². The molecule has 1 aromatic carbocycles. The summed E-state index contributed by atoms with van der Waals surface area (Å²) in [5.41, 5.74) is 0.905. The van der Waals surface area contributed by atoms with Gasteiger partial charge >= 0.3 is 0 Å². The third-order valence-corrected chi connectivity index (χ3v) is 4.00. The van der Waals surface area contributed by atoms with Crippen LogP contribution in [-0.4, -0.2) is 29.2 Å². The van der Waals surface area contributed by atoms with E-state index in [1.54, 1.807) is 12.1 Å². The van der Waals surface area contributed by atoms with E-state index in [1.807, 2.05) is 23.9 Å². The van der Waals surface area contributed by atoms with Crippen LogP contribution in [0.25, 0.3) is 0 Å². The lowest BCUT2D eigenvalue weighted by atomic mass is 10.1. The lowest BCUT2D eigenvalue weighted by Crippen LogP contribution is -2.30. The second kappa shape index (κ2) is 8.81. The molecule has 0 aliphatic heterocycles. The van der Waals surface area contributed by atoms with Crippen LogP contribution >= 0.6 is 23.4 Å². The van der Waals surface area contributed by atoms with Gasteiger partial charge in [0.15, 0.2) is 0 Å². The van der Waals surface area contributed by atoms with Gasteiger partial charge in [0.1, 0.15) is 0 Å². The maximum absolute atomic E-state index is 10.0. The Morgan fingerprint density at radius 1 is 1.33 bits per heavy atom. The van der Waals surface area contributed by atoms with Gasteiger partial charge < -0.3 is 10.4 Å². The van der Waals surface area contributed by atoms with Crippen LogP contribution in [0, 0.1) is 0 Å². The van der Waals surface area contributed by atoms with Crippen molar-refractivity contribution in [2.24, 2.45) is 0 Å². The number of halogens is 1. The van der Waals surface area contributed by atoms with Gasteiger partial charge in [-0.25, -0.2) is 0 Å². The molecule has 0 heterocycles. The van der Waals surface area contributed by atoms with Crippen LogP contribution in [0.5, 0.6) is 0 Å². The second-order valence-electron chi connectivity index (χ2n) is 4.36. The van der Waals surface area contributed by atoms with Gasteiger partial charge in [-0.3, -0.25) is 0 Å². The third kappa shape index (κ3) is 6.10. The average Bonchev–Trinajstić information content (AvgIpc) is 2.37. The van der Waals surface area contributed by atoms with Crippen molar-refractivity contribution in [1.82, 2.24) is 5.32 Å². The molecule has 102 valence electrons. The molecule has 0 fully saturated rings. The van der Waals surface area contributed by atoms with Crippen molar-refractivity contribution in [1.29, 1.82) is 0 Å². The van der Waals surface area contributed by atoms with Crippen molar-refractivity contribution < 1.29 is 5.11 Å². The highest BCUT2D eigenvalue weighted by Crippen LogP contribution is 2.16. The molecule has 0 saturated heterocycles. The molecule has 1 aromatic rings. The first-order chi connectivity index (χ1) is 8.63. The first-order valence-electron chi connectivity index (χ1n) is 6.38. The van der Waals surface area contributed by atoms with Gasteiger partial charge in [-0.1, -0.05) is 30.7 Å². The highest BCUT2D eigenvalue weighted by atomic mass is 35.5. The van der Waals surface area contributed by atoms with E-state index in [4.69, 9.17) is 11.6 Å². The number of nitrogens with one attached hydrogen (secondary N) is 1. The van der Waals surface area contributed by atoms with E-state index >= 15 is 0 Å². The van der Waals surface area contributed by atoms with E-state index in [9.17, 15) is 5.11 Å². The smallest absolute Gasteiger partial charge is 0.0914 e. The molecule has 0 bridgehead atoms. The third-order valence-electron chi connectivity index (χ3n) is 2.81. The summed E-state index contributed by atoms with van der Waals surface area (Å²) < 4.78 is 0. The van der Waals surface area contributed by atoms with Crippen molar-refractivity contribution in [2.45, 2.75) is 32.4 Å². The number of hydrogen-bond acceptors (Lipinski definition) is 3. The maximum Gasteiger partial charge on any atom is 0.0914 e. The fraction of sp³-hybridized carbons (Fsp3) is 0.571. The van der Waals surface area contributed by atoms with E-state index in [0.717, 1.165) is 12.0 Å². The molecule has 2 atom stereocenters. The standard InChI is InChI=1S/C14H22ClNOS/c1-3-18-9-8-11(2)16-10-14(17)12-4-6-13(15)7-5-12/h4-7,11,14,16-17H,3,8-10H2,1-2H3. The molecule has 0 aromatic heterocycles. The van der Waals surface area contributed by atoms with Crippen molar-refractivity contribution >= 4 is 23.4 Å². The highest BCUT2D eigenvalue weighted by Gasteiger charge is 2.09. The number of aliphatic hydroxyl groups is 1. The summed E-state index contributed by atoms with van der Waals surface area (Å²) in [5, 5.41) is 14.1. The summed E-state index contributed by atoms with van der Waals surface area (Å²) >= 11 is 7.77. The quantitative estimate of drug-likeness (QED) is 0.718. The molecule has 0 saturated carbocycles. The van der Waals surface area contributed by atoms with Crippen molar-refractivity contribution in [2.75, 3.05) is 18.1 Å². The van der Waals surface area contributed by atoms with Crippen LogP contribution in [0.3, 0.4) is 0 Å². The Hall–Kier alpha value is -0.220. The highest BCUT2D eigenvalue weighted by molar-refractivity contribution is 7.99. The summed E-state index contributed by atoms with van der Waals surface area (Å²) in [6.45, 7) is 4.91. The Morgan fingerprint density at radius 3 is 2.61 bits per heavy atom. The zero-order valence-electron chi connectivity index (χ0n) is 11.0. The summed E-state index contributed by atoms with van der Waals surface area (Å²) in [6.07, 6.45) is 0.662. The monoisotopic (exact) mass is 287 g/mol. The number of rotatable bonds is 8. The van der Waals surface area contributed by atoms with Gasteiger partial charge in [0.05, 0.1) is 6.10 Å². The van der Waals surface area contributed by atoms with Crippen LogP contribution in [0.2, 0.25) is 5.02 Å². The topological polar surface area (TPSA) is 32.3 Å². The van der Waals surface area contributed by atoms with E-state index in [1.165, 1.54) is 11.5 Å². The van der Waals surface area contributed by atoms with Crippen LogP contribution < -0.4 is 5.32 Å². The molecular weight excluding hydrogens is 266 g/mol. The van der Waals surface area contributed by atoms with Crippen LogP contribution in [0.1, 0.15) is 31.9 Å². The second-order valence-corrected chi connectivity index (χ2v) is 6.19. The number of aliphatic hydroxyl groups excluding tert-OH is 1. The number of thioether (sulfide) groups is 1. The fourth-order valence-electron chi connectivity index (χ4n) is 1.62. The Labute approximate surface area is 119 Å². The Morgan fingerprint density at radius 2 is 2.00 bits per heavy atom. The minimum Gasteiger partial charge on any atom is -0.387 e. The van der Waals surface area contributed by atoms with Crippen molar-refractivity contribution in [3.63, 3.8) is 0 Å². The fourth-order valence-corrected chi connectivity index (χ4v) is 2.56. The van der Waals surface area contributed by atoms with Gasteiger partial charge in [0.2, 0.25) is 0 Å². The largest absolute Gasteiger partial charge is 0.387 e. The average molecular weight is 288 g/mol. The summed E-state index contributed by atoms with van der Waals surface area (Å²) in [5.74, 6) is 2.34. The summed E-state index contributed by atoms with van der Waals surface area (Å²) in [4.78, 5) is 0. The van der Waals surface area contributed by atoms with Crippen LogP contribution in [0.4, 0.5) is 0 Å². The van der Waals surface area contributed by atoms with E-state index < -0.39 is 6.10 Å². The summed E-state index contributed by atoms with van der Waals surface area (Å²) in [6, 6.07) is 7.78. The summed E-state index contributed by atoms with van der Waals surface area (Å²) in [7, 11) is 0. The minimum absolute atomic E-state index is 0.436. The van der Waals surface area contributed by atoms with Gasteiger partial charge in [-0.2, -0.15) is 11.8 Å². The predicted octanol–water partition coefficient (Wildman–Crippen LogP) is 3.49. The molecule has 0 amide bonds. The molecule has 0 aliphatic rings. The molecule has 18 heavy (non-hydrogen) atoms. The van der Waals surface area contributed by atoms with Gasteiger partial charge in [-0.15, -0.1) is 0 Å². The Kier molecular flexibility index (Phi) is 7.75. The van der Waals surface area contributed by atoms with Crippen molar-refractivity contribution in [3.8, 4) is 0 Å². The zero-order valence-corrected chi connectivity index (χ0v) is 12.6. The van der Waals surface area contributed by atoms with Crippen LogP contribution in [0.15, 0.2) is 24.3 Å². The Bertz CT molecular complexity index is 331. The molecule has 0 radical (unpaired) electrons. The van der Waals surface area contributed by atoms with E-state index in [-0.39, 0.29) is 0 Å².